The minimum Gasteiger partial charge on any atom is -0.290 e. The summed E-state index contributed by atoms with van der Waals surface area (Å²) in [4.78, 5) is 11.0. The third-order valence-electron chi connectivity index (χ3n) is 2.18. The molecule has 0 aliphatic heterocycles. The molecule has 1 aliphatic carbocycles. The van der Waals surface area contributed by atoms with E-state index in [4.69, 9.17) is 0 Å². The van der Waals surface area contributed by atoms with Gasteiger partial charge in [0.2, 0.25) is 0 Å². The normalized spacial score (nSPS) is 14.5. The van der Waals surface area contributed by atoms with Crippen molar-refractivity contribution in [1.29, 1.82) is 0 Å². The first-order valence-electron chi connectivity index (χ1n) is 3.98. The summed E-state index contributed by atoms with van der Waals surface area (Å²) in [6, 6.07) is 7.30. The van der Waals surface area contributed by atoms with E-state index in [-0.39, 0.29) is 5.43 Å². The van der Waals surface area contributed by atoms with Gasteiger partial charge in [0.05, 0.1) is 0 Å². The molecule has 1 aromatic carbocycles. The molecule has 2 rings (SSSR count). The van der Waals surface area contributed by atoms with E-state index in [0.717, 1.165) is 12.8 Å². The first-order chi connectivity index (χ1) is 5.36. The second kappa shape index (κ2) is 2.50. The average Bonchev–Trinajstić information content (AvgIpc) is 2.31. The maximum atomic E-state index is 11.0. The Kier molecular flexibility index (Phi) is 1.50. The molecule has 0 aromatic heterocycles. The van der Waals surface area contributed by atoms with Gasteiger partial charge in [0, 0.05) is 0 Å². The van der Waals surface area contributed by atoms with Crippen LogP contribution in [0.5, 0.6) is 0 Å². The predicted octanol–water partition coefficient (Wildman–Crippen LogP) is 1.54. The van der Waals surface area contributed by atoms with Crippen LogP contribution in [0, 0.1) is 0 Å². The minimum absolute atomic E-state index is 0.133. The molecule has 11 heavy (non-hydrogen) atoms. The predicted molar refractivity (Wildman–Crippen MR) is 44.7 cm³/mol. The fourth-order valence-corrected chi connectivity index (χ4v) is 1.62. The molecule has 0 fully saturated rings. The fraction of sp³-hybridized carbons (Fsp3) is 0.300. The zero-order valence-electron chi connectivity index (χ0n) is 6.34. The zero-order chi connectivity index (χ0) is 7.68. The Morgan fingerprint density at radius 3 is 2.82 bits per heavy atom. The Morgan fingerprint density at radius 2 is 1.91 bits per heavy atom. The molecule has 1 nitrogen and oxygen atoms in total. The van der Waals surface area contributed by atoms with E-state index >= 15 is 0 Å². The summed E-state index contributed by atoms with van der Waals surface area (Å²) < 4.78 is 0. The Morgan fingerprint density at radius 1 is 1.09 bits per heavy atom. The summed E-state index contributed by atoms with van der Waals surface area (Å²) in [7, 11) is 0. The summed E-state index contributed by atoms with van der Waals surface area (Å²) >= 11 is 0. The number of aryl methyl sites for hydroxylation is 2. The van der Waals surface area contributed by atoms with Crippen LogP contribution >= 0.6 is 0 Å². The van der Waals surface area contributed by atoms with Gasteiger partial charge in [-0.1, -0.05) is 12.1 Å². The fourth-order valence-electron chi connectivity index (χ4n) is 1.62. The zero-order valence-corrected chi connectivity index (χ0v) is 6.34. The lowest BCUT2D eigenvalue weighted by Crippen LogP contribution is -1.91. The van der Waals surface area contributed by atoms with Gasteiger partial charge < -0.3 is 0 Å². The first-order valence-corrected chi connectivity index (χ1v) is 3.98. The van der Waals surface area contributed by atoms with Crippen molar-refractivity contribution in [3.63, 3.8) is 0 Å². The van der Waals surface area contributed by atoms with Gasteiger partial charge in [-0.15, -0.1) is 0 Å². The molecule has 0 unspecified atom stereocenters. The number of hydrogen-bond acceptors (Lipinski definition) is 1. The van der Waals surface area contributed by atoms with Gasteiger partial charge in [0.1, 0.15) is 0 Å². The van der Waals surface area contributed by atoms with Crippen molar-refractivity contribution in [3.8, 4) is 0 Å². The molecule has 0 saturated carbocycles. The monoisotopic (exact) mass is 146 g/mol. The molecule has 1 aromatic rings. The topological polar surface area (TPSA) is 17.1 Å². The standard InChI is InChI=1S/C10H10O/c11-10-6-2-4-8-3-1-5-9(8)7-10/h2,4,6-7H,1,3,5H2. The average molecular weight is 146 g/mol. The highest BCUT2D eigenvalue weighted by Gasteiger charge is 2.08. The molecule has 0 atom stereocenters. The van der Waals surface area contributed by atoms with Crippen molar-refractivity contribution in [2.45, 2.75) is 19.3 Å². The van der Waals surface area contributed by atoms with Crippen LogP contribution < -0.4 is 5.43 Å². The second-order valence-corrected chi connectivity index (χ2v) is 2.98. The summed E-state index contributed by atoms with van der Waals surface area (Å²) in [6.07, 6.45) is 3.43. The van der Waals surface area contributed by atoms with Gasteiger partial charge in [-0.3, -0.25) is 4.79 Å². The second-order valence-electron chi connectivity index (χ2n) is 2.98. The lowest BCUT2D eigenvalue weighted by Gasteiger charge is -1.86. The van der Waals surface area contributed by atoms with Crippen LogP contribution in [0.4, 0.5) is 0 Å². The van der Waals surface area contributed by atoms with Gasteiger partial charge in [-0.25, -0.2) is 0 Å². The van der Waals surface area contributed by atoms with Crippen LogP contribution in [0.25, 0.3) is 0 Å². The van der Waals surface area contributed by atoms with Crippen LogP contribution in [0.3, 0.4) is 0 Å². The van der Waals surface area contributed by atoms with Crippen molar-refractivity contribution < 1.29 is 0 Å². The Labute approximate surface area is 65.7 Å². The maximum absolute atomic E-state index is 11.0. The van der Waals surface area contributed by atoms with Crippen molar-refractivity contribution in [1.82, 2.24) is 0 Å². The van der Waals surface area contributed by atoms with Crippen LogP contribution in [-0.4, -0.2) is 0 Å². The van der Waals surface area contributed by atoms with E-state index in [1.807, 2.05) is 6.07 Å². The Bertz CT molecular complexity index is 328. The number of fused-ring (bicyclic) bond motifs is 1. The van der Waals surface area contributed by atoms with E-state index in [1.165, 1.54) is 17.5 Å². The molecule has 0 N–H and O–H groups in total. The summed E-state index contributed by atoms with van der Waals surface area (Å²) in [6.45, 7) is 0. The molecular formula is C10H10O. The Balaban J connectivity index is 2.68. The van der Waals surface area contributed by atoms with E-state index in [2.05, 4.69) is 6.07 Å². The highest BCUT2D eigenvalue weighted by molar-refractivity contribution is 5.29. The molecule has 0 radical (unpaired) electrons. The van der Waals surface area contributed by atoms with E-state index in [9.17, 15) is 4.79 Å². The number of hydrogen-bond donors (Lipinski definition) is 0. The molecule has 56 valence electrons. The molecule has 1 aliphatic rings. The smallest absolute Gasteiger partial charge is 0.178 e. The highest BCUT2D eigenvalue weighted by Crippen LogP contribution is 2.18. The molecule has 1 heteroatoms. The van der Waals surface area contributed by atoms with Crippen molar-refractivity contribution in [3.05, 3.63) is 45.6 Å². The third-order valence-corrected chi connectivity index (χ3v) is 2.18. The number of rotatable bonds is 0. The van der Waals surface area contributed by atoms with Crippen molar-refractivity contribution in [2.24, 2.45) is 0 Å². The van der Waals surface area contributed by atoms with Gasteiger partial charge in [-0.05, 0) is 42.5 Å². The van der Waals surface area contributed by atoms with Crippen molar-refractivity contribution in [2.75, 3.05) is 0 Å². The lowest BCUT2D eigenvalue weighted by molar-refractivity contribution is 0.910. The summed E-state index contributed by atoms with van der Waals surface area (Å²) in [5.41, 5.74) is 2.74. The van der Waals surface area contributed by atoms with Crippen LogP contribution in [0.15, 0.2) is 29.1 Å². The maximum Gasteiger partial charge on any atom is 0.178 e. The van der Waals surface area contributed by atoms with Gasteiger partial charge in [0.25, 0.3) is 0 Å². The lowest BCUT2D eigenvalue weighted by atomic mass is 10.2. The Hall–Kier alpha value is -1.11. The van der Waals surface area contributed by atoms with Crippen LogP contribution in [0.2, 0.25) is 0 Å². The molecular weight excluding hydrogens is 136 g/mol. The summed E-state index contributed by atoms with van der Waals surface area (Å²) in [5.74, 6) is 0. The van der Waals surface area contributed by atoms with E-state index < -0.39 is 0 Å². The molecule has 0 saturated heterocycles. The summed E-state index contributed by atoms with van der Waals surface area (Å²) in [5, 5.41) is 0. The van der Waals surface area contributed by atoms with Crippen LogP contribution in [0.1, 0.15) is 17.5 Å². The molecule has 0 bridgehead atoms. The quantitative estimate of drug-likeness (QED) is 0.542. The van der Waals surface area contributed by atoms with Crippen LogP contribution in [-0.2, 0) is 12.8 Å². The first kappa shape index (κ1) is 6.59. The SMILES string of the molecule is O=c1cccc2c(c1)CCC2. The molecule has 0 spiro atoms. The largest absolute Gasteiger partial charge is 0.290 e. The third kappa shape index (κ3) is 1.18. The van der Waals surface area contributed by atoms with E-state index in [0.29, 0.717) is 0 Å². The van der Waals surface area contributed by atoms with Crippen molar-refractivity contribution >= 4 is 0 Å². The van der Waals surface area contributed by atoms with Gasteiger partial charge in [0.15, 0.2) is 5.43 Å². The molecule has 0 amide bonds. The molecule has 0 heterocycles. The minimum atomic E-state index is 0.133. The van der Waals surface area contributed by atoms with Gasteiger partial charge >= 0.3 is 0 Å². The highest BCUT2D eigenvalue weighted by atomic mass is 16.1. The van der Waals surface area contributed by atoms with Gasteiger partial charge in [-0.2, -0.15) is 0 Å². The van der Waals surface area contributed by atoms with E-state index in [1.54, 1.807) is 12.1 Å².